The first kappa shape index (κ1) is 16.8. The van der Waals surface area contributed by atoms with Gasteiger partial charge >= 0.3 is 0 Å². The fourth-order valence-corrected chi connectivity index (χ4v) is 4.29. The van der Waals surface area contributed by atoms with E-state index in [1.807, 2.05) is 30.3 Å². The lowest BCUT2D eigenvalue weighted by Gasteiger charge is -2.32. The highest BCUT2D eigenvalue weighted by molar-refractivity contribution is 7.13. The van der Waals surface area contributed by atoms with Gasteiger partial charge in [-0.3, -0.25) is 4.79 Å². The number of amides is 1. The van der Waals surface area contributed by atoms with Gasteiger partial charge < -0.3 is 10.2 Å². The molecule has 0 unspecified atom stereocenters. The van der Waals surface area contributed by atoms with Crippen LogP contribution in [-0.4, -0.2) is 17.4 Å². The van der Waals surface area contributed by atoms with E-state index < -0.39 is 0 Å². The summed E-state index contributed by atoms with van der Waals surface area (Å²) in [6.45, 7) is 3.29. The zero-order valence-electron chi connectivity index (χ0n) is 14.7. The number of thiazole rings is 1. The molecule has 1 N–H and O–H groups in total. The first-order valence-corrected chi connectivity index (χ1v) is 9.73. The highest BCUT2D eigenvalue weighted by Gasteiger charge is 2.21. The molecule has 5 heteroatoms. The van der Waals surface area contributed by atoms with Crippen LogP contribution in [0, 0.1) is 0 Å². The molecule has 0 fully saturated rings. The molecular weight excluding hydrogens is 342 g/mol. The van der Waals surface area contributed by atoms with E-state index in [9.17, 15) is 4.79 Å². The number of fused-ring (bicyclic) bond motifs is 1. The number of rotatable bonds is 4. The third-order valence-electron chi connectivity index (χ3n) is 4.55. The first-order valence-electron chi connectivity index (χ1n) is 8.85. The zero-order chi connectivity index (χ0) is 17.9. The predicted octanol–water partition coefficient (Wildman–Crippen LogP) is 4.72. The zero-order valence-corrected chi connectivity index (χ0v) is 15.6. The summed E-state index contributed by atoms with van der Waals surface area (Å²) in [7, 11) is 0. The molecular formula is C21H21N3OS. The Morgan fingerprint density at radius 1 is 1.19 bits per heavy atom. The molecule has 0 radical (unpaired) electrons. The van der Waals surface area contributed by atoms with Crippen molar-refractivity contribution >= 4 is 28.6 Å². The molecule has 26 heavy (non-hydrogen) atoms. The number of anilines is 2. The normalized spacial score (nSPS) is 13.3. The summed E-state index contributed by atoms with van der Waals surface area (Å²) in [5.41, 5.74) is 5.55. The van der Waals surface area contributed by atoms with Crippen LogP contribution in [0.3, 0.4) is 0 Å². The summed E-state index contributed by atoms with van der Waals surface area (Å²) < 4.78 is 0. The number of para-hydroxylation sites is 1. The highest BCUT2D eigenvalue weighted by Crippen LogP contribution is 2.36. The molecule has 1 aliphatic rings. The van der Waals surface area contributed by atoms with Crippen LogP contribution in [0.2, 0.25) is 0 Å². The van der Waals surface area contributed by atoms with Crippen LogP contribution in [0.4, 0.5) is 11.4 Å². The second-order valence-electron chi connectivity index (χ2n) is 6.53. The fourth-order valence-electron chi connectivity index (χ4n) is 3.48. The summed E-state index contributed by atoms with van der Waals surface area (Å²) in [6.07, 6.45) is 2.16. The maximum absolute atomic E-state index is 11.6. The number of hydrogen-bond acceptors (Lipinski definition) is 4. The van der Waals surface area contributed by atoms with Gasteiger partial charge in [-0.2, -0.15) is 0 Å². The smallest absolute Gasteiger partial charge is 0.221 e. The molecule has 4 rings (SSSR count). The SMILES string of the molecule is CC(=O)Nc1cccc2c1N(Cc1csc(-c3ccccc3)n1)CCC2. The molecule has 4 nitrogen and oxygen atoms in total. The van der Waals surface area contributed by atoms with Crippen LogP contribution in [0.5, 0.6) is 0 Å². The standard InChI is InChI=1S/C21H21N3OS/c1-15(25)22-19-11-5-9-16-10-6-12-24(20(16)19)13-18-14-26-21(23-18)17-7-3-2-4-8-17/h2-5,7-9,11,14H,6,10,12-13H2,1H3,(H,22,25). The lowest BCUT2D eigenvalue weighted by molar-refractivity contribution is -0.114. The maximum atomic E-state index is 11.6. The molecule has 0 saturated carbocycles. The quantitative estimate of drug-likeness (QED) is 0.729. The topological polar surface area (TPSA) is 45.2 Å². The number of carbonyl (C=O) groups is 1. The highest BCUT2D eigenvalue weighted by atomic mass is 32.1. The van der Waals surface area contributed by atoms with Crippen LogP contribution >= 0.6 is 11.3 Å². The van der Waals surface area contributed by atoms with Gasteiger partial charge in [-0.25, -0.2) is 4.98 Å². The van der Waals surface area contributed by atoms with Gasteiger partial charge in [0, 0.05) is 24.4 Å². The van der Waals surface area contributed by atoms with Crippen molar-refractivity contribution in [2.24, 2.45) is 0 Å². The van der Waals surface area contributed by atoms with E-state index in [0.717, 1.165) is 53.6 Å². The number of benzene rings is 2. The van der Waals surface area contributed by atoms with Gasteiger partial charge in [0.2, 0.25) is 5.91 Å². The maximum Gasteiger partial charge on any atom is 0.221 e. The summed E-state index contributed by atoms with van der Waals surface area (Å²) in [4.78, 5) is 18.8. The molecule has 1 aliphatic heterocycles. The van der Waals surface area contributed by atoms with E-state index in [4.69, 9.17) is 4.98 Å². The lowest BCUT2D eigenvalue weighted by Crippen LogP contribution is -2.30. The Kier molecular flexibility index (Phi) is 4.71. The molecule has 0 aliphatic carbocycles. The summed E-state index contributed by atoms with van der Waals surface area (Å²) in [5, 5.41) is 6.17. The summed E-state index contributed by atoms with van der Waals surface area (Å²) >= 11 is 1.68. The van der Waals surface area contributed by atoms with Crippen molar-refractivity contribution in [1.29, 1.82) is 0 Å². The second kappa shape index (κ2) is 7.30. The van der Waals surface area contributed by atoms with Gasteiger partial charge in [-0.05, 0) is 24.5 Å². The van der Waals surface area contributed by atoms with E-state index in [2.05, 4.69) is 33.8 Å². The molecule has 2 aromatic carbocycles. The number of aryl methyl sites for hydroxylation is 1. The van der Waals surface area contributed by atoms with E-state index in [1.54, 1.807) is 18.3 Å². The predicted molar refractivity (Wildman–Crippen MR) is 108 cm³/mol. The van der Waals surface area contributed by atoms with Gasteiger partial charge in [0.25, 0.3) is 0 Å². The Labute approximate surface area is 157 Å². The minimum atomic E-state index is -0.0380. The van der Waals surface area contributed by atoms with Crippen molar-refractivity contribution in [2.75, 3.05) is 16.8 Å². The Morgan fingerprint density at radius 2 is 2.04 bits per heavy atom. The van der Waals surface area contributed by atoms with Crippen molar-refractivity contribution in [3.63, 3.8) is 0 Å². The largest absolute Gasteiger partial charge is 0.364 e. The molecule has 0 atom stereocenters. The lowest BCUT2D eigenvalue weighted by atomic mass is 10.00. The Bertz CT molecular complexity index is 920. The van der Waals surface area contributed by atoms with E-state index >= 15 is 0 Å². The average molecular weight is 363 g/mol. The van der Waals surface area contributed by atoms with Crippen molar-refractivity contribution in [3.8, 4) is 10.6 Å². The third kappa shape index (κ3) is 3.48. The van der Waals surface area contributed by atoms with E-state index in [0.29, 0.717) is 0 Å². The van der Waals surface area contributed by atoms with Gasteiger partial charge in [0.15, 0.2) is 0 Å². The molecule has 1 amide bonds. The average Bonchev–Trinajstić information content (AvgIpc) is 3.11. The fraction of sp³-hybridized carbons (Fsp3) is 0.238. The molecule has 0 saturated heterocycles. The van der Waals surface area contributed by atoms with E-state index in [1.165, 1.54) is 5.56 Å². The van der Waals surface area contributed by atoms with Gasteiger partial charge in [0.05, 0.1) is 23.6 Å². The number of nitrogens with zero attached hydrogens (tertiary/aromatic N) is 2. The number of nitrogens with one attached hydrogen (secondary N) is 1. The minimum Gasteiger partial charge on any atom is -0.364 e. The van der Waals surface area contributed by atoms with Crippen molar-refractivity contribution < 1.29 is 4.79 Å². The van der Waals surface area contributed by atoms with Gasteiger partial charge in [0.1, 0.15) is 5.01 Å². The Hall–Kier alpha value is -2.66. The van der Waals surface area contributed by atoms with Crippen molar-refractivity contribution in [2.45, 2.75) is 26.3 Å². The van der Waals surface area contributed by atoms with Crippen molar-refractivity contribution in [3.05, 3.63) is 65.2 Å². The molecule has 0 bridgehead atoms. The van der Waals surface area contributed by atoms with Crippen LogP contribution in [0.25, 0.3) is 10.6 Å². The molecule has 132 valence electrons. The second-order valence-corrected chi connectivity index (χ2v) is 7.39. The molecule has 3 aromatic rings. The summed E-state index contributed by atoms with van der Waals surface area (Å²) in [6, 6.07) is 16.4. The minimum absolute atomic E-state index is 0.0380. The Balaban J connectivity index is 1.61. The van der Waals surface area contributed by atoms with Crippen LogP contribution in [0.1, 0.15) is 24.6 Å². The number of hydrogen-bond donors (Lipinski definition) is 1. The molecule has 0 spiro atoms. The number of carbonyl (C=O) groups excluding carboxylic acids is 1. The molecule has 2 heterocycles. The third-order valence-corrected chi connectivity index (χ3v) is 5.49. The first-order chi connectivity index (χ1) is 12.7. The molecule has 1 aromatic heterocycles. The van der Waals surface area contributed by atoms with Gasteiger partial charge in [-0.1, -0.05) is 42.5 Å². The van der Waals surface area contributed by atoms with E-state index in [-0.39, 0.29) is 5.91 Å². The van der Waals surface area contributed by atoms with Crippen molar-refractivity contribution in [1.82, 2.24) is 4.98 Å². The van der Waals surface area contributed by atoms with Crippen LogP contribution < -0.4 is 10.2 Å². The van der Waals surface area contributed by atoms with Gasteiger partial charge in [-0.15, -0.1) is 11.3 Å². The van der Waals surface area contributed by atoms with Crippen LogP contribution in [-0.2, 0) is 17.8 Å². The monoisotopic (exact) mass is 363 g/mol. The van der Waals surface area contributed by atoms with Crippen LogP contribution in [0.15, 0.2) is 53.9 Å². The number of aromatic nitrogens is 1. The Morgan fingerprint density at radius 3 is 2.85 bits per heavy atom. The summed E-state index contributed by atoms with van der Waals surface area (Å²) in [5.74, 6) is -0.0380.